The van der Waals surface area contributed by atoms with Gasteiger partial charge in [0.25, 0.3) is 0 Å². The molecule has 6 heteroatoms. The van der Waals surface area contributed by atoms with E-state index in [2.05, 4.69) is 72.2 Å². The predicted molar refractivity (Wildman–Crippen MR) is 157 cm³/mol. The third-order valence-corrected chi connectivity index (χ3v) is 7.52. The fourth-order valence-corrected chi connectivity index (χ4v) is 5.33. The van der Waals surface area contributed by atoms with Crippen molar-refractivity contribution in [1.29, 1.82) is 0 Å². The molecule has 0 amide bonds. The Hall–Kier alpha value is -2.90. The number of hydrogen-bond acceptors (Lipinski definition) is 6. The zero-order valence-corrected chi connectivity index (χ0v) is 23.5. The van der Waals surface area contributed by atoms with Crippen LogP contribution in [0.1, 0.15) is 36.0 Å². The first-order valence-electron chi connectivity index (χ1n) is 14.3. The average Bonchev–Trinajstić information content (AvgIpc) is 3.36. The monoisotopic (exact) mass is 532 g/mol. The van der Waals surface area contributed by atoms with E-state index >= 15 is 0 Å². The van der Waals surface area contributed by atoms with Crippen LogP contribution in [0.5, 0.6) is 11.5 Å². The largest absolute Gasteiger partial charge is 0.493 e. The van der Waals surface area contributed by atoms with Crippen molar-refractivity contribution < 1.29 is 19.7 Å². The molecule has 0 bridgehead atoms. The first-order chi connectivity index (χ1) is 19.0. The standard InChI is InChI=1S/C33H44N2O4/c1-26-30(12-6-14-32(26)38-22-8-17-34-19-16-29(37)25-34)31-13-7-15-33(27(31)2)39-23-9-18-35(20-21-36)24-28-10-4-3-5-11-28/h3-7,10-15,29,36-37H,8-9,16-25H2,1-2H3/t29-/m1/s1. The molecule has 4 rings (SSSR count). The van der Waals surface area contributed by atoms with Crippen LogP contribution in [0.4, 0.5) is 0 Å². The Kier molecular flexibility index (Phi) is 11.2. The zero-order chi connectivity index (χ0) is 27.5. The molecule has 3 aromatic rings. The van der Waals surface area contributed by atoms with Crippen LogP contribution in [0.15, 0.2) is 66.7 Å². The Labute approximate surface area is 233 Å². The van der Waals surface area contributed by atoms with Crippen LogP contribution in [-0.2, 0) is 6.54 Å². The molecule has 2 N–H and O–H groups in total. The van der Waals surface area contributed by atoms with Crippen LogP contribution in [0.2, 0.25) is 0 Å². The number of aliphatic hydroxyl groups excluding tert-OH is 2. The van der Waals surface area contributed by atoms with E-state index in [9.17, 15) is 10.2 Å². The van der Waals surface area contributed by atoms with Crippen molar-refractivity contribution in [1.82, 2.24) is 9.80 Å². The molecule has 0 aliphatic carbocycles. The molecule has 1 atom stereocenters. The van der Waals surface area contributed by atoms with E-state index in [0.717, 1.165) is 85.7 Å². The van der Waals surface area contributed by atoms with Gasteiger partial charge in [0.1, 0.15) is 11.5 Å². The summed E-state index contributed by atoms with van der Waals surface area (Å²) in [6, 6.07) is 22.9. The first kappa shape index (κ1) is 29.1. The molecule has 1 heterocycles. The van der Waals surface area contributed by atoms with Gasteiger partial charge in [-0.2, -0.15) is 0 Å². The molecule has 1 aliphatic rings. The van der Waals surface area contributed by atoms with Crippen molar-refractivity contribution in [3.8, 4) is 22.6 Å². The van der Waals surface area contributed by atoms with Gasteiger partial charge in [-0.25, -0.2) is 0 Å². The number of rotatable bonds is 15. The smallest absolute Gasteiger partial charge is 0.122 e. The lowest BCUT2D eigenvalue weighted by Crippen LogP contribution is -2.28. The molecule has 1 saturated heterocycles. The number of aliphatic hydroxyl groups is 2. The third-order valence-electron chi connectivity index (χ3n) is 7.52. The van der Waals surface area contributed by atoms with E-state index in [1.165, 1.54) is 5.56 Å². The maximum absolute atomic E-state index is 9.71. The minimum Gasteiger partial charge on any atom is -0.493 e. The number of β-amino-alcohol motifs (C(OH)–C–C–N with tert-alkyl or cyclic N) is 1. The number of ether oxygens (including phenoxy) is 2. The quantitative estimate of drug-likeness (QED) is 0.267. The van der Waals surface area contributed by atoms with Crippen molar-refractivity contribution >= 4 is 0 Å². The molecule has 1 fully saturated rings. The number of benzene rings is 3. The van der Waals surface area contributed by atoms with Gasteiger partial charge in [0.2, 0.25) is 0 Å². The second kappa shape index (κ2) is 15.0. The van der Waals surface area contributed by atoms with Crippen molar-refractivity contribution in [3.05, 3.63) is 83.4 Å². The first-order valence-corrected chi connectivity index (χ1v) is 14.3. The van der Waals surface area contributed by atoms with Crippen LogP contribution in [0.25, 0.3) is 11.1 Å². The van der Waals surface area contributed by atoms with E-state index in [4.69, 9.17) is 9.47 Å². The molecule has 1 aliphatic heterocycles. The number of likely N-dealkylation sites (tertiary alicyclic amines) is 1. The second-order valence-electron chi connectivity index (χ2n) is 10.5. The summed E-state index contributed by atoms with van der Waals surface area (Å²) < 4.78 is 12.4. The summed E-state index contributed by atoms with van der Waals surface area (Å²) in [5.41, 5.74) is 5.84. The van der Waals surface area contributed by atoms with Crippen molar-refractivity contribution in [2.75, 3.05) is 52.5 Å². The maximum atomic E-state index is 9.71. The van der Waals surface area contributed by atoms with Crippen LogP contribution in [-0.4, -0.2) is 78.7 Å². The lowest BCUT2D eigenvalue weighted by atomic mass is 9.95. The Morgan fingerprint density at radius 1 is 0.821 bits per heavy atom. The van der Waals surface area contributed by atoms with Gasteiger partial charge >= 0.3 is 0 Å². The van der Waals surface area contributed by atoms with E-state index in [-0.39, 0.29) is 12.7 Å². The molecular weight excluding hydrogens is 488 g/mol. The van der Waals surface area contributed by atoms with Crippen LogP contribution in [0.3, 0.4) is 0 Å². The zero-order valence-electron chi connectivity index (χ0n) is 23.5. The Morgan fingerprint density at radius 3 is 2.05 bits per heavy atom. The maximum Gasteiger partial charge on any atom is 0.122 e. The van der Waals surface area contributed by atoms with Crippen LogP contribution < -0.4 is 9.47 Å². The fourth-order valence-electron chi connectivity index (χ4n) is 5.33. The Bertz CT molecular complexity index is 1150. The Balaban J connectivity index is 1.31. The van der Waals surface area contributed by atoms with Gasteiger partial charge in [-0.1, -0.05) is 54.6 Å². The molecule has 0 spiro atoms. The SMILES string of the molecule is Cc1c(OCCCN(CCO)Cc2ccccc2)cccc1-c1cccc(OCCCN2CC[C@@H](O)C2)c1C. The summed E-state index contributed by atoms with van der Waals surface area (Å²) in [5, 5.41) is 19.2. The summed E-state index contributed by atoms with van der Waals surface area (Å²) in [7, 11) is 0. The van der Waals surface area contributed by atoms with E-state index < -0.39 is 0 Å². The van der Waals surface area contributed by atoms with Gasteiger partial charge in [0.05, 0.1) is 25.9 Å². The van der Waals surface area contributed by atoms with Gasteiger partial charge in [0.15, 0.2) is 0 Å². The molecule has 0 saturated carbocycles. The highest BCUT2D eigenvalue weighted by Gasteiger charge is 2.19. The number of nitrogens with zero attached hydrogens (tertiary/aromatic N) is 2. The summed E-state index contributed by atoms with van der Waals surface area (Å²) in [5.74, 6) is 1.82. The van der Waals surface area contributed by atoms with Crippen molar-refractivity contribution in [2.45, 2.75) is 45.8 Å². The third kappa shape index (κ3) is 8.54. The molecule has 0 unspecified atom stereocenters. The topological polar surface area (TPSA) is 65.4 Å². The lowest BCUT2D eigenvalue weighted by Gasteiger charge is -2.22. The van der Waals surface area contributed by atoms with E-state index in [0.29, 0.717) is 19.8 Å². The van der Waals surface area contributed by atoms with Gasteiger partial charge < -0.3 is 24.6 Å². The second-order valence-corrected chi connectivity index (χ2v) is 10.5. The van der Waals surface area contributed by atoms with Gasteiger partial charge in [-0.15, -0.1) is 0 Å². The van der Waals surface area contributed by atoms with Gasteiger partial charge in [0, 0.05) is 39.3 Å². The average molecular weight is 533 g/mol. The molecule has 0 radical (unpaired) electrons. The molecule has 6 nitrogen and oxygen atoms in total. The van der Waals surface area contributed by atoms with Gasteiger partial charge in [-0.3, -0.25) is 4.90 Å². The van der Waals surface area contributed by atoms with E-state index in [1.54, 1.807) is 0 Å². The molecule has 39 heavy (non-hydrogen) atoms. The molecule has 0 aromatic heterocycles. The Morgan fingerprint density at radius 2 is 1.46 bits per heavy atom. The van der Waals surface area contributed by atoms with Crippen molar-refractivity contribution in [3.63, 3.8) is 0 Å². The van der Waals surface area contributed by atoms with Gasteiger partial charge in [-0.05, 0) is 73.1 Å². The summed E-state index contributed by atoms with van der Waals surface area (Å²) in [4.78, 5) is 4.57. The predicted octanol–water partition coefficient (Wildman–Crippen LogP) is 5.07. The number of hydrogen-bond donors (Lipinski definition) is 2. The lowest BCUT2D eigenvalue weighted by molar-refractivity contribution is 0.173. The van der Waals surface area contributed by atoms with Crippen LogP contribution >= 0.6 is 0 Å². The molecular formula is C33H44N2O4. The van der Waals surface area contributed by atoms with Crippen molar-refractivity contribution in [2.24, 2.45) is 0 Å². The van der Waals surface area contributed by atoms with E-state index in [1.807, 2.05) is 18.2 Å². The highest BCUT2D eigenvalue weighted by Crippen LogP contribution is 2.35. The summed E-state index contributed by atoms with van der Waals surface area (Å²) in [6.07, 6.45) is 2.53. The van der Waals surface area contributed by atoms with Crippen LogP contribution in [0, 0.1) is 13.8 Å². The highest BCUT2D eigenvalue weighted by molar-refractivity contribution is 5.74. The fraction of sp³-hybridized carbons (Fsp3) is 0.455. The minimum atomic E-state index is -0.173. The highest BCUT2D eigenvalue weighted by atomic mass is 16.5. The normalized spacial score (nSPS) is 15.7. The molecule has 3 aromatic carbocycles. The minimum absolute atomic E-state index is 0.152. The molecule has 210 valence electrons. The summed E-state index contributed by atoms with van der Waals surface area (Å²) in [6.45, 7) is 10.7. The summed E-state index contributed by atoms with van der Waals surface area (Å²) >= 11 is 0.